The first kappa shape index (κ1) is 18.8. The molecule has 2 N–H and O–H groups in total. The normalized spacial score (nSPS) is 21.0. The van der Waals surface area contributed by atoms with Crippen LogP contribution in [0.15, 0.2) is 11.4 Å². The minimum absolute atomic E-state index is 0.0666. The number of carbonyl (C=O) groups is 3. The molecule has 2 aliphatic heterocycles. The van der Waals surface area contributed by atoms with Crippen molar-refractivity contribution in [2.75, 3.05) is 31.6 Å². The van der Waals surface area contributed by atoms with Crippen LogP contribution >= 0.6 is 11.3 Å². The number of anilines is 1. The second-order valence-electron chi connectivity index (χ2n) is 6.76. The Balaban J connectivity index is 1.53. The van der Waals surface area contributed by atoms with E-state index < -0.39 is 12.0 Å². The predicted molar refractivity (Wildman–Crippen MR) is 99.4 cm³/mol. The maximum Gasteiger partial charge on any atom is 0.340 e. The largest absolute Gasteiger partial charge is 0.465 e. The van der Waals surface area contributed by atoms with E-state index in [2.05, 4.69) is 10.6 Å². The zero-order chi connectivity index (χ0) is 18.5. The van der Waals surface area contributed by atoms with Crippen molar-refractivity contribution < 1.29 is 19.1 Å². The monoisotopic (exact) mass is 379 g/mol. The van der Waals surface area contributed by atoms with Gasteiger partial charge in [-0.2, -0.15) is 0 Å². The van der Waals surface area contributed by atoms with Crippen LogP contribution < -0.4 is 15.5 Å². The molecule has 2 saturated heterocycles. The van der Waals surface area contributed by atoms with Crippen LogP contribution in [0, 0.1) is 5.92 Å². The lowest BCUT2D eigenvalue weighted by molar-refractivity contribution is -0.126. The van der Waals surface area contributed by atoms with Gasteiger partial charge < -0.3 is 20.3 Å². The number of esters is 1. The van der Waals surface area contributed by atoms with Crippen molar-refractivity contribution in [2.45, 2.75) is 38.1 Å². The molecule has 26 heavy (non-hydrogen) atoms. The molecule has 7 nitrogen and oxygen atoms in total. The van der Waals surface area contributed by atoms with Gasteiger partial charge in [0.2, 0.25) is 11.8 Å². The summed E-state index contributed by atoms with van der Waals surface area (Å²) in [7, 11) is 1.32. The van der Waals surface area contributed by atoms with Gasteiger partial charge in [-0.3, -0.25) is 9.59 Å². The maximum atomic E-state index is 12.7. The van der Waals surface area contributed by atoms with Gasteiger partial charge in [-0.05, 0) is 56.1 Å². The Morgan fingerprint density at radius 3 is 2.85 bits per heavy atom. The van der Waals surface area contributed by atoms with E-state index in [-0.39, 0.29) is 11.8 Å². The maximum absolute atomic E-state index is 12.7. The van der Waals surface area contributed by atoms with Gasteiger partial charge in [0.05, 0.1) is 12.7 Å². The highest BCUT2D eigenvalue weighted by Crippen LogP contribution is 2.31. The average Bonchev–Trinajstić information content (AvgIpc) is 3.27. The average molecular weight is 379 g/mol. The molecule has 0 aliphatic carbocycles. The highest BCUT2D eigenvalue weighted by Gasteiger charge is 2.36. The molecule has 2 aliphatic rings. The van der Waals surface area contributed by atoms with Gasteiger partial charge in [-0.1, -0.05) is 0 Å². The van der Waals surface area contributed by atoms with Crippen molar-refractivity contribution in [3.63, 3.8) is 0 Å². The number of carbonyl (C=O) groups excluding carboxylic acids is 3. The van der Waals surface area contributed by atoms with Gasteiger partial charge in [0, 0.05) is 13.0 Å². The number of hydrogen-bond donors (Lipinski definition) is 2. The molecule has 0 spiro atoms. The molecular weight excluding hydrogens is 354 g/mol. The van der Waals surface area contributed by atoms with Crippen LogP contribution in [0.25, 0.3) is 0 Å². The molecule has 0 bridgehead atoms. The molecule has 0 radical (unpaired) electrons. The molecule has 142 valence electrons. The summed E-state index contributed by atoms with van der Waals surface area (Å²) in [4.78, 5) is 38.3. The van der Waals surface area contributed by atoms with E-state index in [9.17, 15) is 14.4 Å². The first-order valence-electron chi connectivity index (χ1n) is 9.07. The van der Waals surface area contributed by atoms with Gasteiger partial charge in [-0.25, -0.2) is 4.79 Å². The van der Waals surface area contributed by atoms with Crippen molar-refractivity contribution in [3.8, 4) is 0 Å². The summed E-state index contributed by atoms with van der Waals surface area (Å²) in [5.74, 6) is -0.0917. The number of thiophene rings is 1. The quantitative estimate of drug-likeness (QED) is 0.732. The van der Waals surface area contributed by atoms with Gasteiger partial charge in [0.1, 0.15) is 11.0 Å². The van der Waals surface area contributed by atoms with Gasteiger partial charge >= 0.3 is 5.97 Å². The number of nitrogens with zero attached hydrogens (tertiary/aromatic N) is 1. The van der Waals surface area contributed by atoms with Crippen molar-refractivity contribution in [1.29, 1.82) is 0 Å². The van der Waals surface area contributed by atoms with Crippen LogP contribution in [0.1, 0.15) is 42.5 Å². The smallest absolute Gasteiger partial charge is 0.340 e. The predicted octanol–water partition coefficient (Wildman–Crippen LogP) is 1.54. The number of methoxy groups -OCH3 is 1. The van der Waals surface area contributed by atoms with E-state index >= 15 is 0 Å². The van der Waals surface area contributed by atoms with E-state index in [4.69, 9.17) is 4.74 Å². The summed E-state index contributed by atoms with van der Waals surface area (Å²) >= 11 is 1.33. The number of hydrogen-bond acceptors (Lipinski definition) is 6. The van der Waals surface area contributed by atoms with Crippen molar-refractivity contribution in [3.05, 3.63) is 17.0 Å². The van der Waals surface area contributed by atoms with E-state index in [0.717, 1.165) is 32.4 Å². The Morgan fingerprint density at radius 1 is 1.35 bits per heavy atom. The van der Waals surface area contributed by atoms with Crippen LogP contribution in [0.5, 0.6) is 0 Å². The summed E-state index contributed by atoms with van der Waals surface area (Å²) in [5, 5.41) is 8.54. The SMILES string of the molecule is COC(=O)c1ccsc1N1CCC(NC(=O)CCC2CCNCC2)C1=O. The highest BCUT2D eigenvalue weighted by atomic mass is 32.1. The Hall–Kier alpha value is -1.93. The third-order valence-electron chi connectivity index (χ3n) is 5.07. The fraction of sp³-hybridized carbons (Fsp3) is 0.611. The Labute approximate surface area is 157 Å². The number of amides is 2. The molecule has 3 heterocycles. The summed E-state index contributed by atoms with van der Waals surface area (Å²) in [6, 6.07) is 1.15. The van der Waals surface area contributed by atoms with E-state index in [1.807, 2.05) is 0 Å². The molecule has 1 aromatic heterocycles. The van der Waals surface area contributed by atoms with Crippen LogP contribution in [0.4, 0.5) is 5.00 Å². The Morgan fingerprint density at radius 2 is 2.12 bits per heavy atom. The third-order valence-corrected chi connectivity index (χ3v) is 6.01. The molecule has 1 aromatic rings. The lowest BCUT2D eigenvalue weighted by Crippen LogP contribution is -2.41. The fourth-order valence-electron chi connectivity index (χ4n) is 3.56. The van der Waals surface area contributed by atoms with Gasteiger partial charge in [0.25, 0.3) is 0 Å². The molecule has 0 saturated carbocycles. The van der Waals surface area contributed by atoms with Crippen molar-refractivity contribution in [2.24, 2.45) is 5.92 Å². The molecule has 3 rings (SSSR count). The molecule has 0 aromatic carbocycles. The molecular formula is C18H25N3O4S. The molecule has 1 atom stereocenters. The lowest BCUT2D eigenvalue weighted by Gasteiger charge is -2.22. The van der Waals surface area contributed by atoms with Crippen LogP contribution in [-0.2, 0) is 14.3 Å². The highest BCUT2D eigenvalue weighted by molar-refractivity contribution is 7.14. The third kappa shape index (κ3) is 4.24. The number of nitrogens with one attached hydrogen (secondary N) is 2. The van der Waals surface area contributed by atoms with Crippen molar-refractivity contribution in [1.82, 2.24) is 10.6 Å². The number of piperidine rings is 1. The van der Waals surface area contributed by atoms with Gasteiger partial charge in [0.15, 0.2) is 0 Å². The fourth-order valence-corrected chi connectivity index (χ4v) is 4.48. The van der Waals surface area contributed by atoms with Gasteiger partial charge in [-0.15, -0.1) is 11.3 Å². The first-order chi connectivity index (χ1) is 12.6. The lowest BCUT2D eigenvalue weighted by atomic mass is 9.93. The summed E-state index contributed by atoms with van der Waals surface area (Å²) in [5.41, 5.74) is 0.392. The van der Waals surface area contributed by atoms with E-state index in [0.29, 0.717) is 35.9 Å². The zero-order valence-electron chi connectivity index (χ0n) is 15.0. The van der Waals surface area contributed by atoms with E-state index in [1.54, 1.807) is 16.3 Å². The summed E-state index contributed by atoms with van der Waals surface area (Å²) < 4.78 is 4.77. The molecule has 1 unspecified atom stereocenters. The molecule has 2 amide bonds. The Kier molecular flexibility index (Phi) is 6.26. The summed E-state index contributed by atoms with van der Waals surface area (Å²) in [6.07, 6.45) is 4.10. The number of rotatable bonds is 6. The van der Waals surface area contributed by atoms with Crippen LogP contribution in [-0.4, -0.2) is 50.6 Å². The summed E-state index contributed by atoms with van der Waals surface area (Å²) in [6.45, 7) is 2.53. The number of ether oxygens (including phenoxy) is 1. The molecule has 2 fully saturated rings. The minimum Gasteiger partial charge on any atom is -0.465 e. The first-order valence-corrected chi connectivity index (χ1v) is 9.95. The second-order valence-corrected chi connectivity index (χ2v) is 7.66. The van der Waals surface area contributed by atoms with Crippen molar-refractivity contribution >= 4 is 34.1 Å². The minimum atomic E-state index is -0.511. The van der Waals surface area contributed by atoms with E-state index in [1.165, 1.54) is 18.4 Å². The topological polar surface area (TPSA) is 87.7 Å². The second kappa shape index (κ2) is 8.64. The zero-order valence-corrected chi connectivity index (χ0v) is 15.8. The van der Waals surface area contributed by atoms with Crippen LogP contribution in [0.2, 0.25) is 0 Å². The van der Waals surface area contributed by atoms with Crippen LogP contribution in [0.3, 0.4) is 0 Å². The standard InChI is InChI=1S/C18H25N3O4S/c1-25-18(24)13-7-11-26-17(13)21-10-6-14(16(21)23)20-15(22)3-2-12-4-8-19-9-5-12/h7,11-12,14,19H,2-6,8-10H2,1H3,(H,20,22). The Bertz CT molecular complexity index is 669. The molecule has 8 heteroatoms.